The Labute approximate surface area is 103 Å². The van der Waals surface area contributed by atoms with Crippen LogP contribution in [0, 0.1) is 0 Å². The Kier molecular flexibility index (Phi) is 2.63. The van der Waals surface area contributed by atoms with E-state index < -0.39 is 5.97 Å². The lowest BCUT2D eigenvalue weighted by molar-refractivity contribution is -0.145. The van der Waals surface area contributed by atoms with Gasteiger partial charge in [-0.25, -0.2) is 4.79 Å². The molecule has 5 nitrogen and oxygen atoms in total. The monoisotopic (exact) mass is 255 g/mol. The molecule has 92 valence electrons. The summed E-state index contributed by atoms with van der Waals surface area (Å²) in [6.45, 7) is 0.761. The van der Waals surface area contributed by atoms with Crippen molar-refractivity contribution in [1.82, 2.24) is 4.90 Å². The van der Waals surface area contributed by atoms with Gasteiger partial charge in [0.1, 0.15) is 5.70 Å². The van der Waals surface area contributed by atoms with Crippen LogP contribution in [0.3, 0.4) is 0 Å². The summed E-state index contributed by atoms with van der Waals surface area (Å²) in [5.41, 5.74) is 0.187. The summed E-state index contributed by atoms with van der Waals surface area (Å²) in [6.07, 6.45) is 3.23. The van der Waals surface area contributed by atoms with E-state index in [0.717, 1.165) is 24.4 Å². The van der Waals surface area contributed by atoms with Gasteiger partial charge in [0.05, 0.1) is 17.9 Å². The summed E-state index contributed by atoms with van der Waals surface area (Å²) in [5, 5.41) is 9.21. The summed E-state index contributed by atoms with van der Waals surface area (Å²) in [4.78, 5) is 24.8. The molecule has 1 unspecified atom stereocenters. The molecule has 0 bridgehead atoms. The van der Waals surface area contributed by atoms with E-state index >= 15 is 0 Å². The normalized spacial score (nSPS) is 31.8. The number of hydrogen-bond donors (Lipinski definition) is 1. The Morgan fingerprint density at radius 3 is 3.00 bits per heavy atom. The van der Waals surface area contributed by atoms with Gasteiger partial charge in [-0.1, -0.05) is 0 Å². The minimum Gasteiger partial charge on any atom is -0.477 e. The Balaban J connectivity index is 1.81. The zero-order valence-corrected chi connectivity index (χ0v) is 10.0. The molecule has 0 aliphatic carbocycles. The number of carboxylic acid groups (broad SMARTS) is 1. The number of carbonyl (C=O) groups excluding carboxylic acids is 1. The van der Waals surface area contributed by atoms with Gasteiger partial charge in [-0.3, -0.25) is 9.69 Å². The quantitative estimate of drug-likeness (QED) is 0.766. The van der Waals surface area contributed by atoms with Gasteiger partial charge in [0.25, 0.3) is 0 Å². The first-order valence-corrected chi connectivity index (χ1v) is 6.61. The molecule has 0 aromatic heterocycles. The molecule has 3 rings (SSSR count). The van der Waals surface area contributed by atoms with Crippen LogP contribution in [0.15, 0.2) is 10.6 Å². The molecule has 3 aliphatic heterocycles. The van der Waals surface area contributed by atoms with Gasteiger partial charge in [-0.05, 0) is 12.8 Å². The van der Waals surface area contributed by atoms with Crippen LogP contribution >= 0.6 is 11.8 Å². The van der Waals surface area contributed by atoms with E-state index in [1.807, 2.05) is 0 Å². The second-order valence-corrected chi connectivity index (χ2v) is 5.73. The molecular weight excluding hydrogens is 242 g/mol. The topological polar surface area (TPSA) is 66.8 Å². The standard InChI is InChI=1S/C11H13NO4S/c13-8-5-9-12(8)10(11(14)15)7(17-9)4-6-2-1-3-16-6/h6,9H,1-5H2,(H,14,15)/t6?,9-/m1/s1. The highest BCUT2D eigenvalue weighted by Crippen LogP contribution is 2.48. The predicted octanol–water partition coefficient (Wildman–Crippen LogP) is 1.16. The molecule has 17 heavy (non-hydrogen) atoms. The SMILES string of the molecule is O=C(O)C1=C(CC2CCCO2)S[C@@H]2CC(=O)N12. The average molecular weight is 255 g/mol. The second kappa shape index (κ2) is 4.03. The fourth-order valence-electron chi connectivity index (χ4n) is 2.48. The van der Waals surface area contributed by atoms with Crippen LogP contribution in [0.2, 0.25) is 0 Å². The highest BCUT2D eigenvalue weighted by molar-refractivity contribution is 8.04. The van der Waals surface area contributed by atoms with Crippen LogP contribution in [0.1, 0.15) is 25.7 Å². The van der Waals surface area contributed by atoms with Crippen LogP contribution in [-0.2, 0) is 14.3 Å². The molecule has 0 saturated carbocycles. The first-order valence-electron chi connectivity index (χ1n) is 5.73. The molecule has 1 amide bonds. The maximum atomic E-state index is 11.4. The van der Waals surface area contributed by atoms with E-state index in [0.29, 0.717) is 12.8 Å². The zero-order valence-electron chi connectivity index (χ0n) is 9.22. The van der Waals surface area contributed by atoms with Crippen molar-refractivity contribution in [2.75, 3.05) is 6.61 Å². The van der Waals surface area contributed by atoms with Crippen LogP contribution in [0.5, 0.6) is 0 Å². The Morgan fingerprint density at radius 2 is 2.41 bits per heavy atom. The third-order valence-electron chi connectivity index (χ3n) is 3.33. The summed E-state index contributed by atoms with van der Waals surface area (Å²) < 4.78 is 5.52. The molecule has 2 atom stereocenters. The predicted molar refractivity (Wildman–Crippen MR) is 61.1 cm³/mol. The van der Waals surface area contributed by atoms with Gasteiger partial charge >= 0.3 is 5.97 Å². The van der Waals surface area contributed by atoms with E-state index in [2.05, 4.69) is 0 Å². The van der Waals surface area contributed by atoms with E-state index in [9.17, 15) is 14.7 Å². The number of aliphatic carboxylic acids is 1. The van der Waals surface area contributed by atoms with Gasteiger partial charge in [0.15, 0.2) is 0 Å². The number of hydrogen-bond acceptors (Lipinski definition) is 4. The number of fused-ring (bicyclic) bond motifs is 1. The lowest BCUT2D eigenvalue weighted by Crippen LogP contribution is -2.48. The maximum absolute atomic E-state index is 11.4. The van der Waals surface area contributed by atoms with E-state index in [-0.39, 0.29) is 23.1 Å². The fourth-order valence-corrected chi connectivity index (χ4v) is 3.95. The molecule has 3 heterocycles. The summed E-state index contributed by atoms with van der Waals surface area (Å²) in [6, 6.07) is 0. The number of rotatable bonds is 3. The Hall–Kier alpha value is -1.01. The molecule has 0 aromatic carbocycles. The molecule has 0 aromatic rings. The first kappa shape index (κ1) is 11.1. The van der Waals surface area contributed by atoms with E-state index in [4.69, 9.17) is 4.74 Å². The lowest BCUT2D eigenvalue weighted by atomic mass is 10.1. The number of β-lactam (4-membered cyclic amide) rings is 1. The van der Waals surface area contributed by atoms with E-state index in [1.54, 1.807) is 0 Å². The van der Waals surface area contributed by atoms with Crippen LogP contribution in [0.25, 0.3) is 0 Å². The van der Waals surface area contributed by atoms with E-state index in [1.165, 1.54) is 16.7 Å². The molecule has 0 spiro atoms. The lowest BCUT2D eigenvalue weighted by Gasteiger charge is -2.33. The van der Waals surface area contributed by atoms with Crippen molar-refractivity contribution in [3.63, 3.8) is 0 Å². The van der Waals surface area contributed by atoms with Gasteiger partial charge in [-0.2, -0.15) is 0 Å². The summed E-state index contributed by atoms with van der Waals surface area (Å²) in [7, 11) is 0. The zero-order chi connectivity index (χ0) is 12.0. The molecule has 3 aliphatic rings. The Morgan fingerprint density at radius 1 is 1.59 bits per heavy atom. The first-order chi connectivity index (χ1) is 8.16. The van der Waals surface area contributed by atoms with Crippen molar-refractivity contribution in [3.05, 3.63) is 10.6 Å². The largest absolute Gasteiger partial charge is 0.477 e. The van der Waals surface area contributed by atoms with Crippen LogP contribution < -0.4 is 0 Å². The average Bonchev–Trinajstić information content (AvgIpc) is 2.84. The number of nitrogens with zero attached hydrogens (tertiary/aromatic N) is 1. The molecule has 1 N–H and O–H groups in total. The van der Waals surface area contributed by atoms with Crippen LogP contribution in [-0.4, -0.2) is 40.0 Å². The number of carboxylic acids is 1. The molecular formula is C11H13NO4S. The van der Waals surface area contributed by atoms with Crippen molar-refractivity contribution in [2.24, 2.45) is 0 Å². The van der Waals surface area contributed by atoms with Gasteiger partial charge in [0, 0.05) is 17.9 Å². The molecule has 2 fully saturated rings. The van der Waals surface area contributed by atoms with Crippen molar-refractivity contribution < 1.29 is 19.4 Å². The smallest absolute Gasteiger partial charge is 0.353 e. The number of ether oxygens (including phenoxy) is 1. The van der Waals surface area contributed by atoms with Crippen molar-refractivity contribution in [2.45, 2.75) is 37.2 Å². The third kappa shape index (κ3) is 1.75. The van der Waals surface area contributed by atoms with Crippen molar-refractivity contribution in [3.8, 4) is 0 Å². The number of amides is 1. The third-order valence-corrected chi connectivity index (χ3v) is 4.62. The van der Waals surface area contributed by atoms with Gasteiger partial charge in [0.2, 0.25) is 5.91 Å². The Bertz CT molecular complexity index is 414. The minimum absolute atomic E-state index is 0.0185. The highest BCUT2D eigenvalue weighted by atomic mass is 32.2. The number of thioether (sulfide) groups is 1. The summed E-state index contributed by atoms with van der Waals surface area (Å²) in [5.74, 6) is -1.08. The molecule has 6 heteroatoms. The molecule has 2 saturated heterocycles. The van der Waals surface area contributed by atoms with Crippen molar-refractivity contribution in [1.29, 1.82) is 0 Å². The summed E-state index contributed by atoms with van der Waals surface area (Å²) >= 11 is 1.51. The fraction of sp³-hybridized carbons (Fsp3) is 0.636. The van der Waals surface area contributed by atoms with Crippen molar-refractivity contribution >= 4 is 23.6 Å². The minimum atomic E-state index is -0.999. The second-order valence-electron chi connectivity index (χ2n) is 4.46. The van der Waals surface area contributed by atoms with Crippen LogP contribution in [0.4, 0.5) is 0 Å². The van der Waals surface area contributed by atoms with Gasteiger partial charge in [-0.15, -0.1) is 11.8 Å². The molecule has 0 radical (unpaired) electrons. The number of carbonyl (C=O) groups is 2. The maximum Gasteiger partial charge on any atom is 0.353 e. The van der Waals surface area contributed by atoms with Gasteiger partial charge < -0.3 is 9.84 Å². The highest BCUT2D eigenvalue weighted by Gasteiger charge is 2.48.